The first kappa shape index (κ1) is 10.8. The van der Waals surface area contributed by atoms with Gasteiger partial charge in [0.15, 0.2) is 0 Å². The fourth-order valence-corrected chi connectivity index (χ4v) is 2.83. The Morgan fingerprint density at radius 2 is 1.87 bits per heavy atom. The standard InChI is InChI=1S/C14H18S/c1-9-5-6-13-12(10(9)2)7-11(8-15)14(13,3)4/h5-7,15H,8H2,1-4H3. The van der Waals surface area contributed by atoms with Crippen molar-refractivity contribution in [1.82, 2.24) is 0 Å². The third-order valence-corrected chi connectivity index (χ3v) is 4.09. The lowest BCUT2D eigenvalue weighted by molar-refractivity contribution is 0.642. The van der Waals surface area contributed by atoms with Gasteiger partial charge >= 0.3 is 0 Å². The zero-order valence-corrected chi connectivity index (χ0v) is 10.8. The van der Waals surface area contributed by atoms with Gasteiger partial charge in [0.1, 0.15) is 0 Å². The van der Waals surface area contributed by atoms with Crippen LogP contribution in [-0.2, 0) is 5.41 Å². The monoisotopic (exact) mass is 218 g/mol. The van der Waals surface area contributed by atoms with Gasteiger partial charge in [0.2, 0.25) is 0 Å². The zero-order chi connectivity index (χ0) is 11.2. The largest absolute Gasteiger partial charge is 0.175 e. The number of benzene rings is 1. The number of rotatable bonds is 1. The van der Waals surface area contributed by atoms with Gasteiger partial charge in [-0.05, 0) is 41.7 Å². The average Bonchev–Trinajstić information content (AvgIpc) is 2.44. The minimum atomic E-state index is 0.162. The quantitative estimate of drug-likeness (QED) is 0.679. The first-order chi connectivity index (χ1) is 6.98. The number of hydrogen-bond acceptors (Lipinski definition) is 1. The fraction of sp³-hybridized carbons (Fsp3) is 0.429. The molecule has 0 spiro atoms. The minimum absolute atomic E-state index is 0.162. The van der Waals surface area contributed by atoms with Gasteiger partial charge in [0.25, 0.3) is 0 Å². The molecule has 0 heterocycles. The van der Waals surface area contributed by atoms with Crippen LogP contribution in [0.1, 0.15) is 36.1 Å². The fourth-order valence-electron chi connectivity index (χ4n) is 2.34. The van der Waals surface area contributed by atoms with E-state index >= 15 is 0 Å². The third kappa shape index (κ3) is 1.45. The molecule has 0 nitrogen and oxygen atoms in total. The Labute approximate surface area is 97.8 Å². The van der Waals surface area contributed by atoms with Crippen LogP contribution in [0.4, 0.5) is 0 Å². The first-order valence-corrected chi connectivity index (χ1v) is 6.04. The lowest BCUT2D eigenvalue weighted by Crippen LogP contribution is -2.18. The topological polar surface area (TPSA) is 0 Å². The molecule has 0 radical (unpaired) electrons. The SMILES string of the molecule is Cc1ccc2c(c1C)C=C(CS)C2(C)C. The smallest absolute Gasteiger partial charge is 0.0125 e. The molecule has 0 aromatic heterocycles. The number of fused-ring (bicyclic) bond motifs is 1. The highest BCUT2D eigenvalue weighted by Crippen LogP contribution is 2.43. The van der Waals surface area contributed by atoms with E-state index in [-0.39, 0.29) is 5.41 Å². The summed E-state index contributed by atoms with van der Waals surface area (Å²) >= 11 is 4.43. The lowest BCUT2D eigenvalue weighted by atomic mass is 9.81. The van der Waals surface area contributed by atoms with Gasteiger partial charge in [-0.25, -0.2) is 0 Å². The van der Waals surface area contributed by atoms with Gasteiger partial charge in [0, 0.05) is 11.2 Å². The van der Waals surface area contributed by atoms with Crippen molar-refractivity contribution < 1.29 is 0 Å². The van der Waals surface area contributed by atoms with Crippen molar-refractivity contribution in [2.45, 2.75) is 33.1 Å². The summed E-state index contributed by atoms with van der Waals surface area (Å²) in [4.78, 5) is 0. The second-order valence-electron chi connectivity index (χ2n) is 4.92. The summed E-state index contributed by atoms with van der Waals surface area (Å²) in [6.45, 7) is 8.96. The second kappa shape index (κ2) is 3.41. The van der Waals surface area contributed by atoms with Crippen molar-refractivity contribution in [3.05, 3.63) is 40.0 Å². The van der Waals surface area contributed by atoms with Crippen LogP contribution in [-0.4, -0.2) is 5.75 Å². The molecular weight excluding hydrogens is 200 g/mol. The van der Waals surface area contributed by atoms with Gasteiger partial charge in [-0.1, -0.05) is 32.1 Å². The molecule has 0 aliphatic heterocycles. The predicted molar refractivity (Wildman–Crippen MR) is 70.8 cm³/mol. The molecule has 80 valence electrons. The van der Waals surface area contributed by atoms with E-state index in [1.807, 2.05) is 0 Å². The van der Waals surface area contributed by atoms with Crippen molar-refractivity contribution >= 4 is 18.7 Å². The molecule has 1 aromatic carbocycles. The summed E-state index contributed by atoms with van der Waals surface area (Å²) in [5.74, 6) is 0.847. The molecule has 1 aliphatic rings. The van der Waals surface area contributed by atoms with E-state index in [0.717, 1.165) is 5.75 Å². The second-order valence-corrected chi connectivity index (χ2v) is 5.24. The van der Waals surface area contributed by atoms with Crippen molar-refractivity contribution in [2.75, 3.05) is 5.75 Å². The molecule has 1 heteroatoms. The van der Waals surface area contributed by atoms with Gasteiger partial charge in [-0.2, -0.15) is 12.6 Å². The lowest BCUT2D eigenvalue weighted by Gasteiger charge is -2.24. The summed E-state index contributed by atoms with van der Waals surface area (Å²) in [7, 11) is 0. The van der Waals surface area contributed by atoms with Crippen molar-refractivity contribution in [2.24, 2.45) is 0 Å². The molecule has 0 bridgehead atoms. The van der Waals surface area contributed by atoms with Crippen LogP contribution in [0.5, 0.6) is 0 Å². The van der Waals surface area contributed by atoms with E-state index in [9.17, 15) is 0 Å². The Balaban J connectivity index is 2.68. The van der Waals surface area contributed by atoms with Gasteiger partial charge < -0.3 is 0 Å². The number of hydrogen-bond donors (Lipinski definition) is 1. The molecule has 0 N–H and O–H groups in total. The molecule has 0 saturated carbocycles. The summed E-state index contributed by atoms with van der Waals surface area (Å²) in [6, 6.07) is 4.50. The van der Waals surface area contributed by atoms with Gasteiger partial charge in [0.05, 0.1) is 0 Å². The summed E-state index contributed by atoms with van der Waals surface area (Å²) < 4.78 is 0. The number of aryl methyl sites for hydroxylation is 1. The molecule has 2 rings (SSSR count). The van der Waals surface area contributed by atoms with Crippen LogP contribution < -0.4 is 0 Å². The van der Waals surface area contributed by atoms with Gasteiger partial charge in [-0.3, -0.25) is 0 Å². The normalized spacial score (nSPS) is 17.5. The predicted octanol–water partition coefficient (Wildman–Crippen LogP) is 3.91. The van der Waals surface area contributed by atoms with Crippen molar-refractivity contribution in [3.63, 3.8) is 0 Å². The Morgan fingerprint density at radius 1 is 1.20 bits per heavy atom. The van der Waals surface area contributed by atoms with E-state index in [1.54, 1.807) is 0 Å². The highest BCUT2D eigenvalue weighted by atomic mass is 32.1. The molecule has 0 saturated heterocycles. The van der Waals surface area contributed by atoms with Crippen LogP contribution in [0.3, 0.4) is 0 Å². The maximum absolute atomic E-state index is 4.43. The summed E-state index contributed by atoms with van der Waals surface area (Å²) in [5, 5.41) is 0. The number of thiol groups is 1. The van der Waals surface area contributed by atoms with Crippen LogP contribution in [0.25, 0.3) is 6.08 Å². The molecule has 0 amide bonds. The van der Waals surface area contributed by atoms with Crippen molar-refractivity contribution in [3.8, 4) is 0 Å². The van der Waals surface area contributed by atoms with Crippen LogP contribution in [0.15, 0.2) is 17.7 Å². The maximum atomic E-state index is 4.43. The Hall–Kier alpha value is -0.690. The molecular formula is C14H18S. The first-order valence-electron chi connectivity index (χ1n) is 5.41. The highest BCUT2D eigenvalue weighted by molar-refractivity contribution is 7.80. The third-order valence-electron chi connectivity index (χ3n) is 3.75. The average molecular weight is 218 g/mol. The van der Waals surface area contributed by atoms with E-state index in [1.165, 1.54) is 27.8 Å². The molecule has 0 unspecified atom stereocenters. The Bertz CT molecular complexity index is 439. The van der Waals surface area contributed by atoms with Crippen LogP contribution in [0, 0.1) is 13.8 Å². The Morgan fingerprint density at radius 3 is 2.47 bits per heavy atom. The highest BCUT2D eigenvalue weighted by Gasteiger charge is 2.32. The Kier molecular flexibility index (Phi) is 2.46. The zero-order valence-electron chi connectivity index (χ0n) is 9.89. The summed E-state index contributed by atoms with van der Waals surface area (Å²) in [5.41, 5.74) is 7.25. The summed E-state index contributed by atoms with van der Waals surface area (Å²) in [6.07, 6.45) is 2.32. The molecule has 15 heavy (non-hydrogen) atoms. The van der Waals surface area contributed by atoms with E-state index in [0.29, 0.717) is 0 Å². The van der Waals surface area contributed by atoms with Crippen LogP contribution in [0.2, 0.25) is 0 Å². The molecule has 1 aliphatic carbocycles. The minimum Gasteiger partial charge on any atom is -0.175 e. The van der Waals surface area contributed by atoms with Gasteiger partial charge in [-0.15, -0.1) is 0 Å². The van der Waals surface area contributed by atoms with Crippen molar-refractivity contribution in [1.29, 1.82) is 0 Å². The molecule has 0 fully saturated rings. The van der Waals surface area contributed by atoms with E-state index in [2.05, 4.69) is 58.5 Å². The van der Waals surface area contributed by atoms with E-state index < -0.39 is 0 Å². The molecule has 1 aromatic rings. The maximum Gasteiger partial charge on any atom is 0.0125 e. The van der Waals surface area contributed by atoms with Crippen LogP contribution >= 0.6 is 12.6 Å². The molecule has 0 atom stereocenters. The van der Waals surface area contributed by atoms with E-state index in [4.69, 9.17) is 0 Å².